The van der Waals surface area contributed by atoms with Crippen LogP contribution in [0, 0.1) is 0 Å². The van der Waals surface area contributed by atoms with Gasteiger partial charge in [-0.2, -0.15) is 13.1 Å². The summed E-state index contributed by atoms with van der Waals surface area (Å²) in [6.07, 6.45) is 0. The third-order valence-electron chi connectivity index (χ3n) is 1.39. The zero-order valence-electron chi connectivity index (χ0n) is 6.70. The average molecular weight is 265 g/mol. The summed E-state index contributed by atoms with van der Waals surface area (Å²) >= 11 is 3.27. The largest absolute Gasteiger partial charge is 0.274 e. The molecule has 0 aliphatic heterocycles. The van der Waals surface area contributed by atoms with Crippen LogP contribution in [0.25, 0.3) is 0 Å². The van der Waals surface area contributed by atoms with Crippen molar-refractivity contribution in [2.24, 2.45) is 5.14 Å². The maximum Gasteiger partial charge on any atom is 0.274 e. The minimum atomic E-state index is -3.59. The summed E-state index contributed by atoms with van der Waals surface area (Å²) in [7, 11) is -3.59. The molecule has 0 bridgehead atoms. The molecule has 0 saturated carbocycles. The fourth-order valence-electron chi connectivity index (χ4n) is 0.786. The number of hydrogen-bond acceptors (Lipinski definition) is 2. The molecule has 6 heteroatoms. The van der Waals surface area contributed by atoms with Crippen molar-refractivity contribution in [2.75, 3.05) is 0 Å². The summed E-state index contributed by atoms with van der Waals surface area (Å²) in [5, 5.41) is 4.77. The molecule has 0 aromatic heterocycles. The van der Waals surface area contributed by atoms with E-state index in [0.29, 0.717) is 0 Å². The van der Waals surface area contributed by atoms with Gasteiger partial charge in [-0.15, -0.1) is 0 Å². The predicted molar refractivity (Wildman–Crippen MR) is 54.1 cm³/mol. The van der Waals surface area contributed by atoms with Crippen LogP contribution < -0.4 is 9.86 Å². The summed E-state index contributed by atoms with van der Waals surface area (Å²) in [4.78, 5) is 0. The van der Waals surface area contributed by atoms with Gasteiger partial charge in [0, 0.05) is 11.0 Å². The van der Waals surface area contributed by atoms with E-state index < -0.39 is 10.2 Å². The Hall–Kier alpha value is -0.430. The minimum absolute atomic E-state index is 0.214. The molecular weight excluding hydrogens is 256 g/mol. The van der Waals surface area contributed by atoms with Gasteiger partial charge in [0.15, 0.2) is 0 Å². The van der Waals surface area contributed by atoms with Crippen LogP contribution in [0.3, 0.4) is 0 Å². The summed E-state index contributed by atoms with van der Waals surface area (Å²) in [6.45, 7) is 0.214. The molecule has 0 aliphatic carbocycles. The second kappa shape index (κ2) is 4.19. The quantitative estimate of drug-likeness (QED) is 0.846. The van der Waals surface area contributed by atoms with Gasteiger partial charge in [0.25, 0.3) is 10.2 Å². The van der Waals surface area contributed by atoms with Crippen molar-refractivity contribution in [2.45, 2.75) is 6.54 Å². The fourth-order valence-corrected chi connectivity index (χ4v) is 1.42. The third kappa shape index (κ3) is 4.37. The zero-order valence-corrected chi connectivity index (χ0v) is 9.10. The van der Waals surface area contributed by atoms with Gasteiger partial charge >= 0.3 is 0 Å². The molecule has 0 saturated heterocycles. The van der Waals surface area contributed by atoms with Gasteiger partial charge < -0.3 is 0 Å². The topological polar surface area (TPSA) is 72.2 Å². The normalized spacial score (nSPS) is 11.5. The predicted octanol–water partition coefficient (Wildman–Crippen LogP) is 0.742. The number of benzene rings is 1. The van der Waals surface area contributed by atoms with E-state index in [1.165, 1.54) is 0 Å². The summed E-state index contributed by atoms with van der Waals surface area (Å²) in [6, 6.07) is 7.28. The summed E-state index contributed by atoms with van der Waals surface area (Å²) < 4.78 is 24.2. The van der Waals surface area contributed by atoms with Crippen LogP contribution in [-0.4, -0.2) is 8.42 Å². The third-order valence-corrected chi connectivity index (χ3v) is 2.47. The van der Waals surface area contributed by atoms with Gasteiger partial charge in [0.2, 0.25) is 0 Å². The lowest BCUT2D eigenvalue weighted by molar-refractivity contribution is 0.583. The van der Waals surface area contributed by atoms with E-state index in [0.717, 1.165) is 10.0 Å². The van der Waals surface area contributed by atoms with E-state index in [1.54, 1.807) is 0 Å². The lowest BCUT2D eigenvalue weighted by Gasteiger charge is -2.01. The van der Waals surface area contributed by atoms with Crippen LogP contribution in [-0.2, 0) is 16.8 Å². The van der Waals surface area contributed by atoms with Crippen molar-refractivity contribution < 1.29 is 8.42 Å². The highest BCUT2D eigenvalue weighted by atomic mass is 79.9. The van der Waals surface area contributed by atoms with E-state index in [4.69, 9.17) is 5.14 Å². The lowest BCUT2D eigenvalue weighted by atomic mass is 10.2. The highest BCUT2D eigenvalue weighted by molar-refractivity contribution is 9.10. The van der Waals surface area contributed by atoms with Crippen LogP contribution in [0.2, 0.25) is 0 Å². The van der Waals surface area contributed by atoms with Gasteiger partial charge in [-0.05, 0) is 17.7 Å². The number of nitrogens with two attached hydrogens (primary N) is 1. The van der Waals surface area contributed by atoms with Crippen LogP contribution in [0.15, 0.2) is 28.7 Å². The minimum Gasteiger partial charge on any atom is -0.216 e. The Kier molecular flexibility index (Phi) is 3.43. The monoisotopic (exact) mass is 264 g/mol. The van der Waals surface area contributed by atoms with Gasteiger partial charge in [0.05, 0.1) is 0 Å². The van der Waals surface area contributed by atoms with Crippen molar-refractivity contribution in [3.05, 3.63) is 34.3 Å². The molecule has 1 aromatic carbocycles. The van der Waals surface area contributed by atoms with E-state index in [9.17, 15) is 8.42 Å². The first kappa shape index (κ1) is 10.6. The van der Waals surface area contributed by atoms with E-state index in [1.807, 2.05) is 24.3 Å². The van der Waals surface area contributed by atoms with Crippen LogP contribution in [0.4, 0.5) is 0 Å². The highest BCUT2D eigenvalue weighted by Gasteiger charge is 2.00. The molecule has 0 radical (unpaired) electrons. The molecule has 0 aliphatic rings. The summed E-state index contributed by atoms with van der Waals surface area (Å²) in [5.74, 6) is 0. The van der Waals surface area contributed by atoms with E-state index in [-0.39, 0.29) is 6.54 Å². The van der Waals surface area contributed by atoms with Gasteiger partial charge in [-0.25, -0.2) is 5.14 Å². The Morgan fingerprint density at radius 2 is 1.85 bits per heavy atom. The maximum atomic E-state index is 10.5. The van der Waals surface area contributed by atoms with Crippen molar-refractivity contribution in [1.82, 2.24) is 4.72 Å². The fraction of sp³-hybridized carbons (Fsp3) is 0.143. The smallest absolute Gasteiger partial charge is 0.216 e. The standard InChI is InChI=1S/C7H9BrN2O2S/c8-7-3-1-6(2-4-7)5-10-13(9,11)12/h1-4,10H,5H2,(H2,9,11,12). The maximum absolute atomic E-state index is 10.5. The molecule has 13 heavy (non-hydrogen) atoms. The zero-order chi connectivity index (χ0) is 9.90. The Bertz CT molecular complexity index is 374. The second-order valence-corrected chi connectivity index (χ2v) is 4.79. The Balaban J connectivity index is 2.61. The highest BCUT2D eigenvalue weighted by Crippen LogP contribution is 2.10. The van der Waals surface area contributed by atoms with Gasteiger partial charge in [-0.1, -0.05) is 28.1 Å². The van der Waals surface area contributed by atoms with Crippen LogP contribution >= 0.6 is 15.9 Å². The van der Waals surface area contributed by atoms with E-state index in [2.05, 4.69) is 20.7 Å². The van der Waals surface area contributed by atoms with Crippen LogP contribution in [0.5, 0.6) is 0 Å². The summed E-state index contributed by atoms with van der Waals surface area (Å²) in [5.41, 5.74) is 0.859. The molecule has 3 N–H and O–H groups in total. The molecular formula is C7H9BrN2O2S. The molecule has 0 atom stereocenters. The Morgan fingerprint density at radius 3 is 2.31 bits per heavy atom. The molecule has 1 rings (SSSR count). The molecule has 4 nitrogen and oxygen atoms in total. The van der Waals surface area contributed by atoms with Crippen molar-refractivity contribution >= 4 is 26.1 Å². The van der Waals surface area contributed by atoms with Crippen LogP contribution in [0.1, 0.15) is 5.56 Å². The molecule has 72 valence electrons. The molecule has 0 fully saturated rings. The molecule has 1 aromatic rings. The number of hydrogen-bond donors (Lipinski definition) is 2. The first-order valence-electron chi connectivity index (χ1n) is 3.49. The van der Waals surface area contributed by atoms with Gasteiger partial charge in [0.1, 0.15) is 0 Å². The van der Waals surface area contributed by atoms with Crippen molar-refractivity contribution in [3.63, 3.8) is 0 Å². The number of rotatable bonds is 3. The van der Waals surface area contributed by atoms with Crippen molar-refractivity contribution in [1.29, 1.82) is 0 Å². The molecule has 0 heterocycles. The molecule has 0 unspecified atom stereocenters. The SMILES string of the molecule is NS(=O)(=O)NCc1ccc(Br)cc1. The molecule has 0 amide bonds. The van der Waals surface area contributed by atoms with Gasteiger partial charge in [-0.3, -0.25) is 0 Å². The Labute approximate surface area is 85.4 Å². The Morgan fingerprint density at radius 1 is 1.31 bits per heavy atom. The number of halogens is 1. The second-order valence-electron chi connectivity index (χ2n) is 2.49. The lowest BCUT2D eigenvalue weighted by Crippen LogP contribution is -2.30. The van der Waals surface area contributed by atoms with E-state index >= 15 is 0 Å². The average Bonchev–Trinajstić information content (AvgIpc) is 2.02. The molecule has 0 spiro atoms. The number of nitrogens with one attached hydrogen (secondary N) is 1. The first-order chi connectivity index (χ1) is 5.97. The van der Waals surface area contributed by atoms with Crippen molar-refractivity contribution in [3.8, 4) is 0 Å². The first-order valence-corrected chi connectivity index (χ1v) is 5.83.